The minimum Gasteiger partial charge on any atom is -0.358 e. The topological polar surface area (TPSA) is 46.8 Å². The molecular formula is C23H24FN2O+. The summed E-state index contributed by atoms with van der Waals surface area (Å²) in [7, 11) is 0. The lowest BCUT2D eigenvalue weighted by molar-refractivity contribution is -0.459. The van der Waals surface area contributed by atoms with Crippen LogP contribution >= 0.6 is 0 Å². The maximum absolute atomic E-state index is 13.2. The fraction of sp³-hybridized carbons (Fsp3) is 0.304. The Morgan fingerprint density at radius 3 is 2.70 bits per heavy atom. The maximum Gasteiger partial charge on any atom is 0.158 e. The van der Waals surface area contributed by atoms with Crippen molar-refractivity contribution >= 4 is 22.4 Å². The summed E-state index contributed by atoms with van der Waals surface area (Å²) < 4.78 is 13.2. The summed E-state index contributed by atoms with van der Waals surface area (Å²) >= 11 is 0. The number of carbonyl (C=O) groups is 1. The number of aromatic nitrogens is 1. The number of carbonyl (C=O) groups excluding carboxylic acids is 1. The second-order valence-electron chi connectivity index (χ2n) is 7.43. The molecule has 1 aliphatic carbocycles. The van der Waals surface area contributed by atoms with E-state index in [9.17, 15) is 9.18 Å². The van der Waals surface area contributed by atoms with Gasteiger partial charge in [-0.05, 0) is 36.2 Å². The Morgan fingerprint density at radius 2 is 1.89 bits per heavy atom. The molecule has 1 aromatic heterocycles. The van der Waals surface area contributed by atoms with E-state index in [0.29, 0.717) is 12.8 Å². The van der Waals surface area contributed by atoms with Gasteiger partial charge in [-0.1, -0.05) is 30.3 Å². The highest BCUT2D eigenvalue weighted by atomic mass is 19.1. The van der Waals surface area contributed by atoms with E-state index in [0.717, 1.165) is 30.7 Å². The fourth-order valence-electron chi connectivity index (χ4n) is 4.15. The van der Waals surface area contributed by atoms with Crippen LogP contribution in [-0.2, 0) is 11.2 Å². The van der Waals surface area contributed by atoms with E-state index in [-0.39, 0.29) is 17.5 Å². The molecule has 0 saturated heterocycles. The predicted octanol–water partition coefficient (Wildman–Crippen LogP) is 3.22. The maximum atomic E-state index is 13.2. The van der Waals surface area contributed by atoms with Gasteiger partial charge < -0.3 is 4.98 Å². The molecule has 0 aliphatic heterocycles. The fourth-order valence-corrected chi connectivity index (χ4v) is 4.15. The monoisotopic (exact) mass is 363 g/mol. The van der Waals surface area contributed by atoms with Crippen LogP contribution < -0.4 is 4.99 Å². The number of para-hydroxylation sites is 1. The highest BCUT2D eigenvalue weighted by molar-refractivity contribution is 6.02. The molecule has 4 heteroatoms. The van der Waals surface area contributed by atoms with Gasteiger partial charge in [0.15, 0.2) is 5.71 Å². The molecule has 138 valence electrons. The molecule has 0 radical (unpaired) electrons. The molecule has 1 saturated carbocycles. The van der Waals surface area contributed by atoms with Gasteiger partial charge in [0.05, 0.1) is 6.42 Å². The summed E-state index contributed by atoms with van der Waals surface area (Å²) in [5.41, 5.74) is 5.83. The van der Waals surface area contributed by atoms with Gasteiger partial charge >= 0.3 is 0 Å². The van der Waals surface area contributed by atoms with Crippen LogP contribution in [-0.4, -0.2) is 23.0 Å². The molecule has 2 N–H and O–H groups in total. The van der Waals surface area contributed by atoms with E-state index in [1.165, 1.54) is 34.3 Å². The molecule has 1 heterocycles. The van der Waals surface area contributed by atoms with Crippen molar-refractivity contribution in [3.63, 3.8) is 0 Å². The Labute approximate surface area is 158 Å². The Bertz CT molecular complexity index is 1000. The highest BCUT2D eigenvalue weighted by Crippen LogP contribution is 2.28. The van der Waals surface area contributed by atoms with Crippen molar-refractivity contribution in [3.8, 4) is 0 Å². The Morgan fingerprint density at radius 1 is 1.11 bits per heavy atom. The number of halogens is 1. The van der Waals surface area contributed by atoms with Crippen LogP contribution in [0.2, 0.25) is 0 Å². The van der Waals surface area contributed by atoms with Crippen LogP contribution in [0.3, 0.4) is 0 Å². The van der Waals surface area contributed by atoms with Gasteiger partial charge in [-0.3, -0.25) is 4.79 Å². The van der Waals surface area contributed by atoms with Gasteiger partial charge in [0, 0.05) is 41.8 Å². The van der Waals surface area contributed by atoms with Gasteiger partial charge in [-0.25, -0.2) is 9.38 Å². The van der Waals surface area contributed by atoms with E-state index in [4.69, 9.17) is 0 Å². The van der Waals surface area contributed by atoms with Gasteiger partial charge in [0.1, 0.15) is 18.1 Å². The van der Waals surface area contributed by atoms with Gasteiger partial charge in [-0.2, -0.15) is 0 Å². The van der Waals surface area contributed by atoms with Crippen LogP contribution in [0.5, 0.6) is 0 Å². The first-order valence-corrected chi connectivity index (χ1v) is 9.52. The predicted molar refractivity (Wildman–Crippen MR) is 106 cm³/mol. The molecule has 0 amide bonds. The standard InChI is InChI=1S/C23H23FN2O/c1-15-21(22-4-2-3-5-23(22)26-15)10-11-25-19-12-17(13-20(27)14-19)16-6-8-18(24)9-7-16/h2-9,17,26H,10-14H2,1H3/p+1/t17-/m1/s1. The lowest BCUT2D eigenvalue weighted by atomic mass is 9.82. The third-order valence-electron chi connectivity index (χ3n) is 5.50. The molecule has 4 rings (SSSR count). The molecule has 3 aromatic rings. The number of nitrogens with one attached hydrogen (secondary N) is 2. The minimum absolute atomic E-state index is 0.143. The number of ketones is 1. The van der Waals surface area contributed by atoms with Crippen molar-refractivity contribution in [2.45, 2.75) is 38.5 Å². The number of hydrogen-bond donors (Lipinski definition) is 2. The van der Waals surface area contributed by atoms with Crippen LogP contribution in [0, 0.1) is 12.7 Å². The Kier molecular flexibility index (Phi) is 4.88. The number of aromatic amines is 1. The van der Waals surface area contributed by atoms with Crippen LogP contribution in [0.1, 0.15) is 42.0 Å². The number of rotatable bonds is 4. The Balaban J connectivity index is 1.47. The number of fused-ring (bicyclic) bond motifs is 1. The van der Waals surface area contributed by atoms with E-state index in [1.54, 1.807) is 12.1 Å². The van der Waals surface area contributed by atoms with Crippen LogP contribution in [0.15, 0.2) is 48.5 Å². The zero-order valence-electron chi connectivity index (χ0n) is 15.5. The van der Waals surface area contributed by atoms with Crippen molar-refractivity contribution in [1.29, 1.82) is 0 Å². The van der Waals surface area contributed by atoms with Gasteiger partial charge in [0.25, 0.3) is 0 Å². The van der Waals surface area contributed by atoms with E-state index < -0.39 is 0 Å². The highest BCUT2D eigenvalue weighted by Gasteiger charge is 2.28. The number of H-pyrrole nitrogens is 1. The summed E-state index contributed by atoms with van der Waals surface area (Å²) in [4.78, 5) is 19.1. The summed E-state index contributed by atoms with van der Waals surface area (Å²) in [5.74, 6) is 0.155. The normalized spacial score (nSPS) is 19.1. The first-order valence-electron chi connectivity index (χ1n) is 9.52. The zero-order chi connectivity index (χ0) is 18.8. The number of Topliss-reactive ketones (excluding diaryl/α,β-unsaturated/α-hetero) is 1. The number of aryl methyl sites for hydroxylation is 1. The average molecular weight is 363 g/mol. The van der Waals surface area contributed by atoms with Crippen molar-refractivity contribution in [1.82, 2.24) is 4.98 Å². The second-order valence-corrected chi connectivity index (χ2v) is 7.43. The van der Waals surface area contributed by atoms with E-state index in [2.05, 4.69) is 35.1 Å². The molecule has 0 unspecified atom stereocenters. The lowest BCUT2D eigenvalue weighted by Crippen LogP contribution is -2.74. The van der Waals surface area contributed by atoms with Crippen molar-refractivity contribution in [3.05, 3.63) is 71.2 Å². The van der Waals surface area contributed by atoms with Gasteiger partial charge in [-0.15, -0.1) is 0 Å². The molecular weight excluding hydrogens is 339 g/mol. The van der Waals surface area contributed by atoms with Gasteiger partial charge in [0.2, 0.25) is 0 Å². The largest absolute Gasteiger partial charge is 0.358 e. The molecule has 0 spiro atoms. The molecule has 0 bridgehead atoms. The first kappa shape index (κ1) is 17.7. The van der Waals surface area contributed by atoms with Crippen molar-refractivity contribution in [2.24, 2.45) is 0 Å². The van der Waals surface area contributed by atoms with E-state index in [1.807, 2.05) is 6.07 Å². The summed E-state index contributed by atoms with van der Waals surface area (Å²) in [5, 5.41) is 1.27. The second kappa shape index (κ2) is 7.47. The smallest absolute Gasteiger partial charge is 0.158 e. The van der Waals surface area contributed by atoms with Crippen LogP contribution in [0.4, 0.5) is 4.39 Å². The summed E-state index contributed by atoms with van der Waals surface area (Å²) in [6.45, 7) is 2.92. The quantitative estimate of drug-likeness (QED) is 0.735. The third kappa shape index (κ3) is 3.85. The van der Waals surface area contributed by atoms with Crippen LogP contribution in [0.25, 0.3) is 10.9 Å². The molecule has 1 atom stereocenters. The SMILES string of the molecule is Cc1[nH]c2ccccc2c1CC[NH+]=C1CC(=O)C[C@H](c2ccc(F)cc2)C1. The Hall–Kier alpha value is -2.75. The summed E-state index contributed by atoms with van der Waals surface area (Å²) in [6.07, 6.45) is 2.79. The average Bonchev–Trinajstić information content (AvgIpc) is 2.97. The molecule has 3 nitrogen and oxygen atoms in total. The zero-order valence-corrected chi connectivity index (χ0v) is 15.5. The molecule has 1 fully saturated rings. The summed E-state index contributed by atoms with van der Waals surface area (Å²) in [6, 6.07) is 14.9. The third-order valence-corrected chi connectivity index (χ3v) is 5.50. The van der Waals surface area contributed by atoms with Crippen molar-refractivity contribution < 1.29 is 14.2 Å². The minimum atomic E-state index is -0.239. The number of benzene rings is 2. The molecule has 2 aromatic carbocycles. The molecule has 27 heavy (non-hydrogen) atoms. The molecule has 1 aliphatic rings. The number of hydrogen-bond acceptors (Lipinski definition) is 1. The first-order chi connectivity index (χ1) is 13.1. The lowest BCUT2D eigenvalue weighted by Gasteiger charge is -2.20. The van der Waals surface area contributed by atoms with E-state index >= 15 is 0 Å². The van der Waals surface area contributed by atoms with Crippen molar-refractivity contribution in [2.75, 3.05) is 6.54 Å².